The summed E-state index contributed by atoms with van der Waals surface area (Å²) in [7, 11) is 0. The number of nitrogens with one attached hydrogen (secondary N) is 1. The maximum absolute atomic E-state index is 5.47. The SMILES string of the molecule is Cc1ccc(C(NN)C(C)C)cn1. The molecule has 3 heteroatoms. The fraction of sp³-hybridized carbons (Fsp3) is 0.500. The highest BCUT2D eigenvalue weighted by Gasteiger charge is 2.13. The summed E-state index contributed by atoms with van der Waals surface area (Å²) in [6.07, 6.45) is 1.87. The third-order valence-corrected chi connectivity index (χ3v) is 2.14. The minimum Gasteiger partial charge on any atom is -0.271 e. The standard InChI is InChI=1S/C10H17N3/c1-7(2)10(13-11)9-5-4-8(3)12-6-9/h4-7,10,13H,11H2,1-3H3. The largest absolute Gasteiger partial charge is 0.271 e. The molecule has 0 radical (unpaired) electrons. The molecule has 1 aromatic heterocycles. The summed E-state index contributed by atoms with van der Waals surface area (Å²) in [4.78, 5) is 4.23. The average molecular weight is 179 g/mol. The lowest BCUT2D eigenvalue weighted by molar-refractivity contribution is 0.420. The molecule has 0 bridgehead atoms. The van der Waals surface area contributed by atoms with Crippen molar-refractivity contribution in [2.75, 3.05) is 0 Å². The number of hydrogen-bond donors (Lipinski definition) is 2. The van der Waals surface area contributed by atoms with Crippen LogP contribution in [0.15, 0.2) is 18.3 Å². The smallest absolute Gasteiger partial charge is 0.0498 e. The second-order valence-corrected chi connectivity index (χ2v) is 3.62. The van der Waals surface area contributed by atoms with Crippen LogP contribution < -0.4 is 11.3 Å². The van der Waals surface area contributed by atoms with Crippen LogP contribution in [0, 0.1) is 12.8 Å². The molecular weight excluding hydrogens is 162 g/mol. The van der Waals surface area contributed by atoms with Crippen LogP contribution >= 0.6 is 0 Å². The molecule has 1 aromatic rings. The Labute approximate surface area is 79.3 Å². The molecule has 0 aromatic carbocycles. The number of aromatic nitrogens is 1. The number of rotatable bonds is 3. The zero-order valence-corrected chi connectivity index (χ0v) is 8.41. The number of hydrogen-bond acceptors (Lipinski definition) is 3. The van der Waals surface area contributed by atoms with E-state index in [0.717, 1.165) is 11.3 Å². The Hall–Kier alpha value is -0.930. The summed E-state index contributed by atoms with van der Waals surface area (Å²) in [5, 5.41) is 0. The number of hydrazine groups is 1. The molecule has 0 fully saturated rings. The normalized spacial score (nSPS) is 13.3. The molecule has 0 aliphatic rings. The summed E-state index contributed by atoms with van der Waals surface area (Å²) >= 11 is 0. The highest BCUT2D eigenvalue weighted by molar-refractivity contribution is 5.17. The molecule has 1 rings (SSSR count). The van der Waals surface area contributed by atoms with E-state index in [1.165, 1.54) is 0 Å². The van der Waals surface area contributed by atoms with Gasteiger partial charge in [0.25, 0.3) is 0 Å². The monoisotopic (exact) mass is 179 g/mol. The van der Waals surface area contributed by atoms with Crippen molar-refractivity contribution >= 4 is 0 Å². The quantitative estimate of drug-likeness (QED) is 0.546. The topological polar surface area (TPSA) is 50.9 Å². The first-order valence-corrected chi connectivity index (χ1v) is 4.54. The van der Waals surface area contributed by atoms with Crippen LogP contribution in [0.4, 0.5) is 0 Å². The van der Waals surface area contributed by atoms with Crippen molar-refractivity contribution in [2.24, 2.45) is 11.8 Å². The molecule has 72 valence electrons. The first-order chi connectivity index (χ1) is 6.15. The number of pyridine rings is 1. The highest BCUT2D eigenvalue weighted by Crippen LogP contribution is 2.19. The van der Waals surface area contributed by atoms with Crippen LogP contribution in [-0.4, -0.2) is 4.98 Å². The van der Waals surface area contributed by atoms with Crippen molar-refractivity contribution in [3.8, 4) is 0 Å². The summed E-state index contributed by atoms with van der Waals surface area (Å²) in [6.45, 7) is 6.23. The molecule has 3 N–H and O–H groups in total. The van der Waals surface area contributed by atoms with Gasteiger partial charge in [-0.3, -0.25) is 16.3 Å². The van der Waals surface area contributed by atoms with Crippen LogP contribution in [0.5, 0.6) is 0 Å². The fourth-order valence-electron chi connectivity index (χ4n) is 1.34. The molecule has 0 saturated carbocycles. The molecule has 1 atom stereocenters. The summed E-state index contributed by atoms with van der Waals surface area (Å²) in [5.41, 5.74) is 4.97. The van der Waals surface area contributed by atoms with E-state index in [4.69, 9.17) is 5.84 Å². The molecule has 0 amide bonds. The Morgan fingerprint density at radius 1 is 1.38 bits per heavy atom. The Morgan fingerprint density at radius 2 is 2.08 bits per heavy atom. The van der Waals surface area contributed by atoms with Crippen molar-refractivity contribution in [1.29, 1.82) is 0 Å². The summed E-state index contributed by atoms with van der Waals surface area (Å²) in [5.74, 6) is 5.93. The van der Waals surface area contributed by atoms with Gasteiger partial charge in [-0.1, -0.05) is 19.9 Å². The van der Waals surface area contributed by atoms with Gasteiger partial charge in [-0.15, -0.1) is 0 Å². The Morgan fingerprint density at radius 3 is 2.46 bits per heavy atom. The van der Waals surface area contributed by atoms with Crippen molar-refractivity contribution < 1.29 is 0 Å². The lowest BCUT2D eigenvalue weighted by atomic mass is 9.98. The molecule has 3 nitrogen and oxygen atoms in total. The zero-order chi connectivity index (χ0) is 9.84. The van der Waals surface area contributed by atoms with Crippen LogP contribution in [-0.2, 0) is 0 Å². The van der Waals surface area contributed by atoms with Crippen LogP contribution in [0.2, 0.25) is 0 Å². The summed E-state index contributed by atoms with van der Waals surface area (Å²) < 4.78 is 0. The molecule has 0 saturated heterocycles. The van der Waals surface area contributed by atoms with Crippen molar-refractivity contribution in [1.82, 2.24) is 10.4 Å². The van der Waals surface area contributed by atoms with Gasteiger partial charge in [0.2, 0.25) is 0 Å². The second-order valence-electron chi connectivity index (χ2n) is 3.62. The lowest BCUT2D eigenvalue weighted by Gasteiger charge is -2.19. The van der Waals surface area contributed by atoms with E-state index in [-0.39, 0.29) is 6.04 Å². The predicted molar refractivity (Wildman–Crippen MR) is 53.9 cm³/mol. The molecule has 1 unspecified atom stereocenters. The number of nitrogens with two attached hydrogens (primary N) is 1. The van der Waals surface area contributed by atoms with Gasteiger partial charge in [0.15, 0.2) is 0 Å². The zero-order valence-electron chi connectivity index (χ0n) is 8.41. The van der Waals surface area contributed by atoms with E-state index in [1.54, 1.807) is 0 Å². The minimum absolute atomic E-state index is 0.188. The fourth-order valence-corrected chi connectivity index (χ4v) is 1.34. The van der Waals surface area contributed by atoms with Gasteiger partial charge in [0.1, 0.15) is 0 Å². The van der Waals surface area contributed by atoms with Gasteiger partial charge in [0.05, 0.1) is 0 Å². The van der Waals surface area contributed by atoms with Crippen LogP contribution in [0.1, 0.15) is 31.1 Å². The van der Waals surface area contributed by atoms with E-state index >= 15 is 0 Å². The minimum atomic E-state index is 0.188. The molecule has 1 heterocycles. The molecule has 0 aliphatic heterocycles. The average Bonchev–Trinajstić information content (AvgIpc) is 2.09. The Bertz CT molecular complexity index is 253. The van der Waals surface area contributed by atoms with Gasteiger partial charge in [-0.2, -0.15) is 0 Å². The number of aryl methyl sites for hydroxylation is 1. The van der Waals surface area contributed by atoms with Crippen molar-refractivity contribution in [3.63, 3.8) is 0 Å². The van der Waals surface area contributed by atoms with E-state index in [2.05, 4.69) is 30.3 Å². The van der Waals surface area contributed by atoms with Gasteiger partial charge >= 0.3 is 0 Å². The molecule has 0 spiro atoms. The first-order valence-electron chi connectivity index (χ1n) is 4.54. The predicted octanol–water partition coefficient (Wildman–Crippen LogP) is 1.55. The van der Waals surface area contributed by atoms with E-state index < -0.39 is 0 Å². The van der Waals surface area contributed by atoms with Gasteiger partial charge in [-0.25, -0.2) is 0 Å². The Balaban J connectivity index is 2.86. The van der Waals surface area contributed by atoms with Crippen molar-refractivity contribution in [3.05, 3.63) is 29.6 Å². The highest BCUT2D eigenvalue weighted by atomic mass is 15.2. The molecule has 0 aliphatic carbocycles. The summed E-state index contributed by atoms with van der Waals surface area (Å²) in [6, 6.07) is 4.25. The van der Waals surface area contributed by atoms with Crippen molar-refractivity contribution in [2.45, 2.75) is 26.8 Å². The van der Waals surface area contributed by atoms with E-state index in [9.17, 15) is 0 Å². The van der Waals surface area contributed by atoms with Gasteiger partial charge < -0.3 is 0 Å². The van der Waals surface area contributed by atoms with E-state index in [0.29, 0.717) is 5.92 Å². The maximum Gasteiger partial charge on any atom is 0.0498 e. The molecular formula is C10H17N3. The lowest BCUT2D eigenvalue weighted by Crippen LogP contribution is -2.31. The maximum atomic E-state index is 5.47. The second kappa shape index (κ2) is 4.35. The van der Waals surface area contributed by atoms with E-state index in [1.807, 2.05) is 19.2 Å². The van der Waals surface area contributed by atoms with Crippen LogP contribution in [0.25, 0.3) is 0 Å². The van der Waals surface area contributed by atoms with Gasteiger partial charge in [-0.05, 0) is 24.5 Å². The number of nitrogens with zero attached hydrogens (tertiary/aromatic N) is 1. The molecule has 13 heavy (non-hydrogen) atoms. The van der Waals surface area contributed by atoms with Crippen LogP contribution in [0.3, 0.4) is 0 Å². The Kier molecular flexibility index (Phi) is 3.39. The third-order valence-electron chi connectivity index (χ3n) is 2.14. The van der Waals surface area contributed by atoms with Gasteiger partial charge in [0, 0.05) is 17.9 Å². The first kappa shape index (κ1) is 10.2. The third kappa shape index (κ3) is 2.50.